The van der Waals surface area contributed by atoms with Gasteiger partial charge < -0.3 is 24.6 Å². The summed E-state index contributed by atoms with van der Waals surface area (Å²) in [5, 5.41) is 9.36. The summed E-state index contributed by atoms with van der Waals surface area (Å²) in [6.07, 6.45) is 1.78. The van der Waals surface area contributed by atoms with Gasteiger partial charge in [-0.25, -0.2) is 0 Å². The summed E-state index contributed by atoms with van der Waals surface area (Å²) in [7, 11) is 2.01. The standard InChI is InChI=1S/C23H25Br2N5O4/c1-29-4-5-30(23(33)19-8-13-6-14(24)9-17(25)20(13)34-19)15(11-29)10-26-21(31)12-2-3-18-16(7-12)22(32)28-27-18/h6,8-9,12,15H,2-5,7,10-11H2,1H3,(H,26,31)(H2,27,28,32). The van der Waals surface area contributed by atoms with Crippen LogP contribution in [-0.2, 0) is 17.6 Å². The zero-order valence-electron chi connectivity index (χ0n) is 18.6. The van der Waals surface area contributed by atoms with Gasteiger partial charge in [0.25, 0.3) is 11.5 Å². The highest BCUT2D eigenvalue weighted by Crippen LogP contribution is 2.32. The van der Waals surface area contributed by atoms with Crippen LogP contribution in [0.2, 0.25) is 0 Å². The molecule has 34 heavy (non-hydrogen) atoms. The van der Waals surface area contributed by atoms with Crippen LogP contribution in [0.3, 0.4) is 0 Å². The molecule has 1 aliphatic heterocycles. The third-order valence-electron chi connectivity index (χ3n) is 6.73. The van der Waals surface area contributed by atoms with E-state index in [0.717, 1.165) is 26.6 Å². The van der Waals surface area contributed by atoms with Gasteiger partial charge in [0, 0.05) is 53.2 Å². The Labute approximate surface area is 212 Å². The molecule has 1 saturated heterocycles. The Morgan fingerprint density at radius 1 is 1.21 bits per heavy atom. The van der Waals surface area contributed by atoms with E-state index in [9.17, 15) is 14.4 Å². The first-order chi connectivity index (χ1) is 16.3. The number of aromatic nitrogens is 2. The van der Waals surface area contributed by atoms with Crippen LogP contribution in [0.5, 0.6) is 0 Å². The summed E-state index contributed by atoms with van der Waals surface area (Å²) >= 11 is 6.96. The zero-order chi connectivity index (χ0) is 24.0. The van der Waals surface area contributed by atoms with E-state index in [1.54, 1.807) is 11.0 Å². The molecule has 1 aliphatic carbocycles. The summed E-state index contributed by atoms with van der Waals surface area (Å²) < 4.78 is 7.57. The maximum absolute atomic E-state index is 13.4. The third kappa shape index (κ3) is 4.48. The molecule has 0 saturated carbocycles. The summed E-state index contributed by atoms with van der Waals surface area (Å²) in [6.45, 7) is 2.28. The van der Waals surface area contributed by atoms with Crippen LogP contribution in [0, 0.1) is 5.92 Å². The second kappa shape index (κ2) is 9.35. The first-order valence-electron chi connectivity index (χ1n) is 11.2. The minimum atomic E-state index is -0.249. The Balaban J connectivity index is 1.29. The van der Waals surface area contributed by atoms with Crippen molar-refractivity contribution < 1.29 is 14.0 Å². The van der Waals surface area contributed by atoms with Crippen LogP contribution < -0.4 is 10.9 Å². The lowest BCUT2D eigenvalue weighted by Crippen LogP contribution is -2.58. The van der Waals surface area contributed by atoms with Gasteiger partial charge in [-0.2, -0.15) is 0 Å². The van der Waals surface area contributed by atoms with Crippen LogP contribution in [0.15, 0.2) is 36.4 Å². The van der Waals surface area contributed by atoms with Gasteiger partial charge in [0.1, 0.15) is 5.58 Å². The number of hydrogen-bond donors (Lipinski definition) is 3. The summed E-state index contributed by atoms with van der Waals surface area (Å²) in [5.41, 5.74) is 2.04. The maximum atomic E-state index is 13.4. The number of aryl methyl sites for hydroxylation is 1. The molecule has 9 nitrogen and oxygen atoms in total. The first kappa shape index (κ1) is 23.4. The van der Waals surface area contributed by atoms with Crippen molar-refractivity contribution in [2.24, 2.45) is 5.92 Å². The van der Waals surface area contributed by atoms with Crippen LogP contribution >= 0.6 is 31.9 Å². The highest BCUT2D eigenvalue weighted by Gasteiger charge is 2.33. The van der Waals surface area contributed by atoms with Gasteiger partial charge in [0.15, 0.2) is 5.76 Å². The van der Waals surface area contributed by atoms with E-state index in [4.69, 9.17) is 4.42 Å². The van der Waals surface area contributed by atoms with E-state index in [-0.39, 0.29) is 35.1 Å². The molecule has 11 heteroatoms. The largest absolute Gasteiger partial charge is 0.450 e. The second-order valence-electron chi connectivity index (χ2n) is 9.05. The fraction of sp³-hybridized carbons (Fsp3) is 0.435. The highest BCUT2D eigenvalue weighted by molar-refractivity contribution is 9.11. The Morgan fingerprint density at radius 2 is 2.03 bits per heavy atom. The Hall–Kier alpha value is -2.37. The minimum Gasteiger partial charge on any atom is -0.450 e. The van der Waals surface area contributed by atoms with Gasteiger partial charge in [-0.15, -0.1) is 0 Å². The molecule has 0 radical (unpaired) electrons. The number of furan rings is 1. The minimum absolute atomic E-state index is 0.0793. The van der Waals surface area contributed by atoms with E-state index in [1.165, 1.54) is 0 Å². The number of piperazine rings is 1. The number of hydrogen-bond acceptors (Lipinski definition) is 5. The van der Waals surface area contributed by atoms with E-state index in [0.29, 0.717) is 50.0 Å². The fourth-order valence-electron chi connectivity index (χ4n) is 4.88. The monoisotopic (exact) mass is 593 g/mol. The first-order valence-corrected chi connectivity index (χ1v) is 12.8. The van der Waals surface area contributed by atoms with Crippen molar-refractivity contribution >= 4 is 54.6 Å². The molecule has 180 valence electrons. The molecule has 1 aromatic carbocycles. The molecule has 2 unspecified atom stereocenters. The van der Waals surface area contributed by atoms with Gasteiger partial charge in [-0.1, -0.05) is 15.9 Å². The van der Waals surface area contributed by atoms with E-state index in [2.05, 4.69) is 52.3 Å². The van der Waals surface area contributed by atoms with Crippen LogP contribution in [0.1, 0.15) is 28.2 Å². The van der Waals surface area contributed by atoms with Crippen LogP contribution in [-0.4, -0.2) is 71.1 Å². The van der Waals surface area contributed by atoms with Gasteiger partial charge in [0.2, 0.25) is 5.91 Å². The lowest BCUT2D eigenvalue weighted by atomic mass is 9.87. The number of rotatable bonds is 4. The normalized spacial score (nSPS) is 21.0. The number of fused-ring (bicyclic) bond motifs is 2. The summed E-state index contributed by atoms with van der Waals surface area (Å²) in [5.74, 6) is -0.237. The zero-order valence-corrected chi connectivity index (χ0v) is 21.8. The quantitative estimate of drug-likeness (QED) is 0.430. The summed E-state index contributed by atoms with van der Waals surface area (Å²) in [4.78, 5) is 42.2. The van der Waals surface area contributed by atoms with Gasteiger partial charge in [0.05, 0.1) is 10.5 Å². The Morgan fingerprint density at radius 3 is 2.85 bits per heavy atom. The molecule has 2 atom stereocenters. The maximum Gasteiger partial charge on any atom is 0.290 e. The molecule has 0 bridgehead atoms. The molecule has 0 spiro atoms. The molecular formula is C23H25Br2N5O4. The predicted molar refractivity (Wildman–Crippen MR) is 134 cm³/mol. The Bertz CT molecular complexity index is 1310. The fourth-order valence-corrected chi connectivity index (χ4v) is 6.22. The highest BCUT2D eigenvalue weighted by atomic mass is 79.9. The van der Waals surface area contributed by atoms with Crippen molar-refractivity contribution in [2.75, 3.05) is 33.2 Å². The SMILES string of the molecule is CN1CCN(C(=O)c2cc3cc(Br)cc(Br)c3o2)C(CNC(=O)C2CCc3[nH][nH]c(=O)c3C2)C1. The second-order valence-corrected chi connectivity index (χ2v) is 10.8. The number of carbonyl (C=O) groups is 2. The number of aromatic amines is 2. The molecule has 2 aromatic heterocycles. The molecule has 2 aliphatic rings. The Kier molecular flexibility index (Phi) is 6.43. The van der Waals surface area contributed by atoms with Crippen LogP contribution in [0.25, 0.3) is 11.0 Å². The number of nitrogens with one attached hydrogen (secondary N) is 3. The average molecular weight is 595 g/mol. The number of halogens is 2. The number of likely N-dealkylation sites (N-methyl/N-ethyl adjacent to an activating group) is 1. The number of carbonyl (C=O) groups excluding carboxylic acids is 2. The molecule has 2 amide bonds. The van der Waals surface area contributed by atoms with Crippen molar-refractivity contribution in [3.63, 3.8) is 0 Å². The van der Waals surface area contributed by atoms with Crippen molar-refractivity contribution in [1.29, 1.82) is 0 Å². The van der Waals surface area contributed by atoms with Crippen molar-refractivity contribution in [2.45, 2.75) is 25.3 Å². The molecule has 3 N–H and O–H groups in total. The molecule has 5 rings (SSSR count). The number of nitrogens with zero attached hydrogens (tertiary/aromatic N) is 2. The molecule has 1 fully saturated rings. The third-order valence-corrected chi connectivity index (χ3v) is 7.78. The van der Waals surface area contributed by atoms with E-state index >= 15 is 0 Å². The van der Waals surface area contributed by atoms with Gasteiger partial charge >= 0.3 is 0 Å². The lowest BCUT2D eigenvalue weighted by molar-refractivity contribution is -0.125. The van der Waals surface area contributed by atoms with E-state index in [1.807, 2.05) is 19.2 Å². The topological polar surface area (TPSA) is 114 Å². The number of benzene rings is 1. The van der Waals surface area contributed by atoms with E-state index < -0.39 is 0 Å². The van der Waals surface area contributed by atoms with Crippen molar-refractivity contribution in [3.05, 3.63) is 54.5 Å². The number of H-pyrrole nitrogens is 2. The molecular weight excluding hydrogens is 570 g/mol. The lowest BCUT2D eigenvalue weighted by Gasteiger charge is -2.40. The van der Waals surface area contributed by atoms with Crippen molar-refractivity contribution in [3.8, 4) is 0 Å². The predicted octanol–water partition coefficient (Wildman–Crippen LogP) is 2.65. The van der Waals surface area contributed by atoms with Gasteiger partial charge in [-0.3, -0.25) is 19.5 Å². The average Bonchev–Trinajstić information content (AvgIpc) is 3.41. The van der Waals surface area contributed by atoms with Crippen molar-refractivity contribution in [1.82, 2.24) is 25.3 Å². The smallest absolute Gasteiger partial charge is 0.290 e. The van der Waals surface area contributed by atoms with Gasteiger partial charge in [-0.05, 0) is 60.4 Å². The molecule has 3 aromatic rings. The summed E-state index contributed by atoms with van der Waals surface area (Å²) in [6, 6.07) is 5.36. The van der Waals surface area contributed by atoms with Crippen LogP contribution in [0.4, 0.5) is 0 Å². The number of amides is 2. The molecule has 3 heterocycles.